The molecule has 21 heavy (non-hydrogen) atoms. The highest BCUT2D eigenvalue weighted by Gasteiger charge is 2.14. The fourth-order valence-electron chi connectivity index (χ4n) is 2.31. The fraction of sp³-hybridized carbons (Fsp3) is 0.533. The zero-order valence-electron chi connectivity index (χ0n) is 12.2. The van der Waals surface area contributed by atoms with Gasteiger partial charge >= 0.3 is 6.03 Å². The Labute approximate surface area is 123 Å². The lowest BCUT2D eigenvalue weighted by Gasteiger charge is -2.16. The molecular weight excluding hydrogens is 275 g/mol. The van der Waals surface area contributed by atoms with Gasteiger partial charge in [0.2, 0.25) is 0 Å². The number of hydrogen-bond acceptors (Lipinski definition) is 3. The number of nitrogens with one attached hydrogen (secondary N) is 2. The predicted molar refractivity (Wildman–Crippen MR) is 76.8 cm³/mol. The third-order valence-corrected chi connectivity index (χ3v) is 3.41. The lowest BCUT2D eigenvalue weighted by Crippen LogP contribution is -2.41. The standard InChI is InChI=1S/C15H21FN2O3/c1-20-14-8-11(7-12(16)9-14)10-17-15(19)18-13-3-2-5-21-6-4-13/h7-9,13H,2-6,10H2,1H3,(H2,17,18,19). The van der Waals surface area contributed by atoms with Gasteiger partial charge in [0.1, 0.15) is 11.6 Å². The minimum Gasteiger partial charge on any atom is -0.497 e. The second-order valence-corrected chi connectivity index (χ2v) is 5.07. The van der Waals surface area contributed by atoms with Gasteiger partial charge in [-0.3, -0.25) is 0 Å². The van der Waals surface area contributed by atoms with E-state index in [2.05, 4.69) is 10.6 Å². The summed E-state index contributed by atoms with van der Waals surface area (Å²) in [7, 11) is 1.48. The van der Waals surface area contributed by atoms with Gasteiger partial charge < -0.3 is 20.1 Å². The molecule has 0 spiro atoms. The predicted octanol–water partition coefficient (Wildman–Crippen LogP) is 2.20. The summed E-state index contributed by atoms with van der Waals surface area (Å²) in [5, 5.41) is 5.65. The second-order valence-electron chi connectivity index (χ2n) is 5.07. The van der Waals surface area contributed by atoms with Gasteiger partial charge in [-0.05, 0) is 37.0 Å². The monoisotopic (exact) mass is 296 g/mol. The number of hydrogen-bond donors (Lipinski definition) is 2. The maximum absolute atomic E-state index is 13.3. The average Bonchev–Trinajstić information content (AvgIpc) is 2.73. The Hall–Kier alpha value is -1.82. The van der Waals surface area contributed by atoms with E-state index in [0.29, 0.717) is 17.9 Å². The molecule has 2 rings (SSSR count). The van der Waals surface area contributed by atoms with Crippen LogP contribution in [0.4, 0.5) is 9.18 Å². The van der Waals surface area contributed by atoms with Gasteiger partial charge in [0.05, 0.1) is 7.11 Å². The van der Waals surface area contributed by atoms with E-state index in [1.807, 2.05) is 0 Å². The second kappa shape index (κ2) is 7.83. The van der Waals surface area contributed by atoms with Crippen LogP contribution in [0.2, 0.25) is 0 Å². The molecule has 116 valence electrons. The van der Waals surface area contributed by atoms with Gasteiger partial charge in [-0.2, -0.15) is 0 Å². The molecule has 2 N–H and O–H groups in total. The first kappa shape index (κ1) is 15.6. The molecule has 1 atom stereocenters. The van der Waals surface area contributed by atoms with E-state index >= 15 is 0 Å². The summed E-state index contributed by atoms with van der Waals surface area (Å²) in [5.41, 5.74) is 0.659. The molecule has 1 aliphatic rings. The van der Waals surface area contributed by atoms with Crippen molar-refractivity contribution >= 4 is 6.03 Å². The number of methoxy groups -OCH3 is 1. The van der Waals surface area contributed by atoms with Crippen molar-refractivity contribution in [1.29, 1.82) is 0 Å². The van der Waals surface area contributed by atoms with E-state index in [-0.39, 0.29) is 24.4 Å². The normalized spacial score (nSPS) is 18.7. The molecule has 1 unspecified atom stereocenters. The molecule has 5 nitrogen and oxygen atoms in total. The molecule has 1 aromatic carbocycles. The van der Waals surface area contributed by atoms with Crippen LogP contribution in [0.15, 0.2) is 18.2 Å². The van der Waals surface area contributed by atoms with Crippen LogP contribution in [0.1, 0.15) is 24.8 Å². The van der Waals surface area contributed by atoms with E-state index in [1.54, 1.807) is 6.07 Å². The van der Waals surface area contributed by atoms with Crippen molar-refractivity contribution in [2.45, 2.75) is 31.8 Å². The minimum atomic E-state index is -0.382. The third kappa shape index (κ3) is 5.23. The van der Waals surface area contributed by atoms with Crippen molar-refractivity contribution in [3.63, 3.8) is 0 Å². The summed E-state index contributed by atoms with van der Waals surface area (Å²) in [5.74, 6) is 0.0561. The zero-order chi connectivity index (χ0) is 15.1. The van der Waals surface area contributed by atoms with Crippen LogP contribution in [0, 0.1) is 5.82 Å². The molecule has 0 saturated carbocycles. The molecule has 0 aliphatic carbocycles. The zero-order valence-corrected chi connectivity index (χ0v) is 12.2. The average molecular weight is 296 g/mol. The summed E-state index contributed by atoms with van der Waals surface area (Å²) in [4.78, 5) is 11.8. The van der Waals surface area contributed by atoms with Crippen LogP contribution in [0.5, 0.6) is 5.75 Å². The number of amides is 2. The van der Waals surface area contributed by atoms with Crippen molar-refractivity contribution in [1.82, 2.24) is 10.6 Å². The SMILES string of the molecule is COc1cc(F)cc(CNC(=O)NC2CCCOCC2)c1. The lowest BCUT2D eigenvalue weighted by molar-refractivity contribution is 0.143. The number of urea groups is 1. The van der Waals surface area contributed by atoms with Crippen LogP contribution < -0.4 is 15.4 Å². The molecule has 0 aromatic heterocycles. The number of carbonyl (C=O) groups is 1. The van der Waals surface area contributed by atoms with Crippen molar-refractivity contribution in [3.05, 3.63) is 29.6 Å². The Bertz CT molecular complexity index is 474. The highest BCUT2D eigenvalue weighted by Crippen LogP contribution is 2.15. The molecule has 1 saturated heterocycles. The minimum absolute atomic E-state index is 0.134. The Morgan fingerprint density at radius 1 is 1.38 bits per heavy atom. The highest BCUT2D eigenvalue weighted by molar-refractivity contribution is 5.74. The molecule has 0 bridgehead atoms. The molecule has 1 fully saturated rings. The Morgan fingerprint density at radius 3 is 3.05 bits per heavy atom. The van der Waals surface area contributed by atoms with Crippen molar-refractivity contribution in [3.8, 4) is 5.75 Å². The Kier molecular flexibility index (Phi) is 5.80. The third-order valence-electron chi connectivity index (χ3n) is 3.41. The quantitative estimate of drug-likeness (QED) is 0.895. The van der Waals surface area contributed by atoms with Crippen LogP contribution >= 0.6 is 0 Å². The van der Waals surface area contributed by atoms with E-state index in [1.165, 1.54) is 19.2 Å². The van der Waals surface area contributed by atoms with Crippen molar-refractivity contribution in [2.24, 2.45) is 0 Å². The van der Waals surface area contributed by atoms with Crippen molar-refractivity contribution < 1.29 is 18.7 Å². The highest BCUT2D eigenvalue weighted by atomic mass is 19.1. The van der Waals surface area contributed by atoms with Gasteiger partial charge in [-0.15, -0.1) is 0 Å². The Morgan fingerprint density at radius 2 is 2.24 bits per heavy atom. The summed E-state index contributed by atoms with van der Waals surface area (Å²) >= 11 is 0. The molecular formula is C15H21FN2O3. The van der Waals surface area contributed by atoms with Gasteiger partial charge in [0.25, 0.3) is 0 Å². The first-order valence-corrected chi connectivity index (χ1v) is 7.13. The maximum Gasteiger partial charge on any atom is 0.315 e. The molecule has 0 radical (unpaired) electrons. The lowest BCUT2D eigenvalue weighted by atomic mass is 10.1. The van der Waals surface area contributed by atoms with Gasteiger partial charge in [0.15, 0.2) is 0 Å². The van der Waals surface area contributed by atoms with E-state index in [0.717, 1.165) is 25.9 Å². The largest absolute Gasteiger partial charge is 0.497 e. The summed E-state index contributed by atoms with van der Waals surface area (Å²) < 4.78 is 23.7. The first-order chi connectivity index (χ1) is 10.2. The maximum atomic E-state index is 13.3. The Balaban J connectivity index is 1.81. The fourth-order valence-corrected chi connectivity index (χ4v) is 2.31. The summed E-state index contributed by atoms with van der Waals surface area (Å²) in [6, 6.07) is 4.26. The first-order valence-electron chi connectivity index (χ1n) is 7.13. The van der Waals surface area contributed by atoms with E-state index < -0.39 is 0 Å². The van der Waals surface area contributed by atoms with Crippen LogP contribution in [0.3, 0.4) is 0 Å². The van der Waals surface area contributed by atoms with Crippen LogP contribution in [-0.4, -0.2) is 32.4 Å². The molecule has 1 heterocycles. The van der Waals surface area contributed by atoms with Crippen molar-refractivity contribution in [2.75, 3.05) is 20.3 Å². The van der Waals surface area contributed by atoms with Gasteiger partial charge in [-0.25, -0.2) is 9.18 Å². The number of halogens is 1. The molecule has 1 aliphatic heterocycles. The van der Waals surface area contributed by atoms with Crippen LogP contribution in [-0.2, 0) is 11.3 Å². The number of ether oxygens (including phenoxy) is 2. The van der Waals surface area contributed by atoms with Crippen LogP contribution in [0.25, 0.3) is 0 Å². The van der Waals surface area contributed by atoms with Gasteiger partial charge in [0, 0.05) is 31.9 Å². The molecule has 6 heteroatoms. The smallest absolute Gasteiger partial charge is 0.315 e. The molecule has 2 amide bonds. The van der Waals surface area contributed by atoms with E-state index in [4.69, 9.17) is 9.47 Å². The topological polar surface area (TPSA) is 59.6 Å². The number of rotatable bonds is 4. The van der Waals surface area contributed by atoms with E-state index in [9.17, 15) is 9.18 Å². The number of benzene rings is 1. The summed E-state index contributed by atoms with van der Waals surface area (Å²) in [6.07, 6.45) is 2.69. The number of carbonyl (C=O) groups excluding carboxylic acids is 1. The van der Waals surface area contributed by atoms with Gasteiger partial charge in [-0.1, -0.05) is 0 Å². The molecule has 1 aromatic rings. The summed E-state index contributed by atoms with van der Waals surface area (Å²) in [6.45, 7) is 1.68.